The second-order valence-electron chi connectivity index (χ2n) is 17.4. The molecule has 0 aromatic carbocycles. The van der Waals surface area contributed by atoms with Gasteiger partial charge >= 0.3 is 17.9 Å². The van der Waals surface area contributed by atoms with Crippen LogP contribution in [0.15, 0.2) is 36.5 Å². The van der Waals surface area contributed by atoms with Gasteiger partial charge < -0.3 is 14.2 Å². The smallest absolute Gasteiger partial charge is 0.306 e. The van der Waals surface area contributed by atoms with Gasteiger partial charge in [0.25, 0.3) is 0 Å². The number of ether oxygens (including phenoxy) is 3. The fourth-order valence-electron chi connectivity index (χ4n) is 7.45. The summed E-state index contributed by atoms with van der Waals surface area (Å²) in [6.45, 7) is 6.61. The van der Waals surface area contributed by atoms with E-state index in [4.69, 9.17) is 14.2 Å². The van der Waals surface area contributed by atoms with E-state index in [1.807, 2.05) is 0 Å². The summed E-state index contributed by atoms with van der Waals surface area (Å²) in [6, 6.07) is 0. The van der Waals surface area contributed by atoms with Crippen LogP contribution in [-0.4, -0.2) is 37.2 Å². The van der Waals surface area contributed by atoms with Gasteiger partial charge in [0.2, 0.25) is 0 Å². The number of hydrogen-bond donors (Lipinski definition) is 0. The molecule has 0 rings (SSSR count). The number of esters is 3. The van der Waals surface area contributed by atoms with Crippen molar-refractivity contribution >= 4 is 17.9 Å². The van der Waals surface area contributed by atoms with Crippen LogP contribution in [0, 0.1) is 0 Å². The number of rotatable bonds is 47. The van der Waals surface area contributed by atoms with E-state index >= 15 is 0 Å². The fourth-order valence-corrected chi connectivity index (χ4v) is 7.45. The molecule has 0 heterocycles. The number of hydrogen-bond acceptors (Lipinski definition) is 6. The summed E-state index contributed by atoms with van der Waals surface area (Å²) in [7, 11) is 0. The number of carbonyl (C=O) groups is 3. The minimum absolute atomic E-state index is 0.0772. The van der Waals surface area contributed by atoms with Gasteiger partial charge in [0.1, 0.15) is 13.2 Å². The van der Waals surface area contributed by atoms with Crippen LogP contribution in [0.2, 0.25) is 0 Å². The Kier molecular flexibility index (Phi) is 47.3. The second kappa shape index (κ2) is 49.3. The lowest BCUT2D eigenvalue weighted by Crippen LogP contribution is -2.30. The fraction of sp³-hybridized carbons (Fsp3) is 0.833. The standard InChI is InChI=1S/C54H98O6/c1-4-7-10-13-16-19-22-25-26-27-28-30-33-36-39-42-45-48-54(57)60-51(49-58-52(55)46-43-40-37-34-31-24-21-18-15-12-9-6-3)50-59-53(56)47-44-41-38-35-32-29-23-20-17-14-11-8-5-2/h16,19,25-26,28,30,51H,4-15,17-18,20-24,27,29,31-50H2,1-3H3/b19-16-,26-25-,30-28-/t51-/m0/s1. The molecule has 6 heteroatoms. The molecule has 0 spiro atoms. The minimum Gasteiger partial charge on any atom is -0.462 e. The Balaban J connectivity index is 4.39. The zero-order chi connectivity index (χ0) is 43.7. The van der Waals surface area contributed by atoms with Crippen molar-refractivity contribution in [3.8, 4) is 0 Å². The molecule has 0 bridgehead atoms. The van der Waals surface area contributed by atoms with Crippen molar-refractivity contribution in [2.45, 2.75) is 277 Å². The average Bonchev–Trinajstić information content (AvgIpc) is 3.24. The zero-order valence-corrected chi connectivity index (χ0v) is 40.0. The van der Waals surface area contributed by atoms with Crippen molar-refractivity contribution in [1.29, 1.82) is 0 Å². The Hall–Kier alpha value is -2.37. The van der Waals surface area contributed by atoms with Gasteiger partial charge in [-0.1, -0.05) is 231 Å². The van der Waals surface area contributed by atoms with Crippen LogP contribution in [0.4, 0.5) is 0 Å². The van der Waals surface area contributed by atoms with Gasteiger partial charge in [-0.3, -0.25) is 14.4 Å². The van der Waals surface area contributed by atoms with E-state index in [2.05, 4.69) is 57.2 Å². The highest BCUT2D eigenvalue weighted by Gasteiger charge is 2.19. The molecule has 0 amide bonds. The van der Waals surface area contributed by atoms with Gasteiger partial charge in [-0.2, -0.15) is 0 Å². The molecule has 350 valence electrons. The summed E-state index contributed by atoms with van der Waals surface area (Å²) in [4.78, 5) is 37.9. The Morgan fingerprint density at radius 1 is 0.333 bits per heavy atom. The summed E-state index contributed by atoms with van der Waals surface area (Å²) in [5, 5.41) is 0. The van der Waals surface area contributed by atoms with Gasteiger partial charge in [0, 0.05) is 19.3 Å². The summed E-state index contributed by atoms with van der Waals surface area (Å²) in [5.74, 6) is -0.888. The average molecular weight is 843 g/mol. The summed E-state index contributed by atoms with van der Waals surface area (Å²) < 4.78 is 16.8. The molecule has 0 fully saturated rings. The van der Waals surface area contributed by atoms with E-state index in [-0.39, 0.29) is 31.1 Å². The third kappa shape index (κ3) is 46.7. The van der Waals surface area contributed by atoms with Crippen molar-refractivity contribution < 1.29 is 28.6 Å². The van der Waals surface area contributed by atoms with Crippen LogP contribution in [-0.2, 0) is 28.6 Å². The minimum atomic E-state index is -0.778. The van der Waals surface area contributed by atoms with Gasteiger partial charge in [-0.05, 0) is 57.8 Å². The molecule has 0 radical (unpaired) electrons. The molecule has 0 N–H and O–H groups in total. The van der Waals surface area contributed by atoms with Crippen molar-refractivity contribution in [3.63, 3.8) is 0 Å². The molecule has 0 aliphatic rings. The molecule has 0 aromatic rings. The Morgan fingerprint density at radius 2 is 0.600 bits per heavy atom. The van der Waals surface area contributed by atoms with Gasteiger partial charge in [0.15, 0.2) is 6.10 Å². The van der Waals surface area contributed by atoms with Crippen LogP contribution >= 0.6 is 0 Å². The maximum atomic E-state index is 12.8. The van der Waals surface area contributed by atoms with Gasteiger partial charge in [-0.15, -0.1) is 0 Å². The molecule has 0 unspecified atom stereocenters. The highest BCUT2D eigenvalue weighted by molar-refractivity contribution is 5.71. The third-order valence-electron chi connectivity index (χ3n) is 11.4. The van der Waals surface area contributed by atoms with E-state index in [0.29, 0.717) is 19.3 Å². The van der Waals surface area contributed by atoms with Crippen molar-refractivity contribution in [1.82, 2.24) is 0 Å². The zero-order valence-electron chi connectivity index (χ0n) is 40.0. The first-order valence-electron chi connectivity index (χ1n) is 26.0. The number of carbonyl (C=O) groups excluding carboxylic acids is 3. The lowest BCUT2D eigenvalue weighted by atomic mass is 10.0. The van der Waals surface area contributed by atoms with Crippen LogP contribution < -0.4 is 0 Å². The molecular formula is C54H98O6. The van der Waals surface area contributed by atoms with Crippen molar-refractivity contribution in [2.24, 2.45) is 0 Å². The Bertz CT molecular complexity index is 1020. The molecule has 6 nitrogen and oxygen atoms in total. The summed E-state index contributed by atoms with van der Waals surface area (Å²) >= 11 is 0. The lowest BCUT2D eigenvalue weighted by Gasteiger charge is -2.18. The van der Waals surface area contributed by atoms with E-state index in [1.165, 1.54) is 148 Å². The lowest BCUT2D eigenvalue weighted by molar-refractivity contribution is -0.167. The molecule has 0 aliphatic heterocycles. The van der Waals surface area contributed by atoms with E-state index in [1.54, 1.807) is 0 Å². The Labute approximate surface area is 372 Å². The predicted molar refractivity (Wildman–Crippen MR) is 256 cm³/mol. The van der Waals surface area contributed by atoms with Gasteiger partial charge in [-0.25, -0.2) is 0 Å². The first kappa shape index (κ1) is 57.6. The van der Waals surface area contributed by atoms with Crippen molar-refractivity contribution in [2.75, 3.05) is 13.2 Å². The summed E-state index contributed by atoms with van der Waals surface area (Å²) in [5.41, 5.74) is 0. The number of allylic oxidation sites excluding steroid dienone is 6. The SMILES string of the molecule is CCCCC/C=C\C/C=C\C/C=C\CCCCCCC(=O)O[C@@H](COC(=O)CCCCCCCCCCCCCC)COC(=O)CCCCCCCCCCCCCCC. The van der Waals surface area contributed by atoms with E-state index in [9.17, 15) is 14.4 Å². The van der Waals surface area contributed by atoms with E-state index in [0.717, 1.165) is 83.5 Å². The molecule has 0 saturated heterocycles. The molecule has 60 heavy (non-hydrogen) atoms. The van der Waals surface area contributed by atoms with Gasteiger partial charge in [0.05, 0.1) is 0 Å². The highest BCUT2D eigenvalue weighted by atomic mass is 16.6. The third-order valence-corrected chi connectivity index (χ3v) is 11.4. The van der Waals surface area contributed by atoms with Crippen LogP contribution in [0.5, 0.6) is 0 Å². The molecule has 0 aliphatic carbocycles. The second-order valence-corrected chi connectivity index (χ2v) is 17.4. The Morgan fingerprint density at radius 3 is 0.967 bits per heavy atom. The first-order valence-corrected chi connectivity index (χ1v) is 26.0. The largest absolute Gasteiger partial charge is 0.462 e. The van der Waals surface area contributed by atoms with Crippen LogP contribution in [0.1, 0.15) is 271 Å². The molecule has 0 saturated carbocycles. The quantitative estimate of drug-likeness (QED) is 0.0263. The topological polar surface area (TPSA) is 78.9 Å². The van der Waals surface area contributed by atoms with Crippen LogP contribution in [0.3, 0.4) is 0 Å². The van der Waals surface area contributed by atoms with Crippen LogP contribution in [0.25, 0.3) is 0 Å². The molecular weight excluding hydrogens is 745 g/mol. The monoisotopic (exact) mass is 843 g/mol. The highest BCUT2D eigenvalue weighted by Crippen LogP contribution is 2.15. The normalized spacial score (nSPS) is 12.2. The van der Waals surface area contributed by atoms with E-state index < -0.39 is 6.10 Å². The van der Waals surface area contributed by atoms with Crippen molar-refractivity contribution in [3.05, 3.63) is 36.5 Å². The predicted octanol–water partition coefficient (Wildman–Crippen LogP) is 16.9. The maximum absolute atomic E-state index is 12.8. The summed E-state index contributed by atoms with van der Waals surface area (Å²) in [6.07, 6.45) is 56.9. The molecule has 0 aromatic heterocycles. The maximum Gasteiger partial charge on any atom is 0.306 e. The molecule has 1 atom stereocenters. The number of unbranched alkanes of at least 4 members (excludes halogenated alkanes) is 30. The first-order chi connectivity index (χ1) is 29.5.